The fraction of sp³-hybridized carbons (Fsp3) is 0.889. The third-order valence-corrected chi connectivity index (χ3v) is 5.08. The van der Waals surface area contributed by atoms with E-state index in [0.717, 1.165) is 32.7 Å². The van der Waals surface area contributed by atoms with Gasteiger partial charge in [-0.05, 0) is 13.8 Å². The molecule has 152 valence electrons. The van der Waals surface area contributed by atoms with Crippen molar-refractivity contribution >= 4 is 11.9 Å². The number of carbonyl (C=O) groups excluding carboxylic acids is 2. The topological polar surface area (TPSA) is 88.3 Å². The van der Waals surface area contributed by atoms with Gasteiger partial charge >= 0.3 is 11.9 Å². The second kappa shape index (κ2) is 12.2. The summed E-state index contributed by atoms with van der Waals surface area (Å²) in [6.45, 7) is 11.0. The van der Waals surface area contributed by atoms with Crippen LogP contribution in [0.15, 0.2) is 0 Å². The molecular weight excluding hydrogens is 336 g/mol. The summed E-state index contributed by atoms with van der Waals surface area (Å²) in [7, 11) is 2.79. The molecule has 0 spiro atoms. The first-order valence-corrected chi connectivity index (χ1v) is 9.45. The fourth-order valence-corrected chi connectivity index (χ4v) is 3.37. The third-order valence-electron chi connectivity index (χ3n) is 5.08. The second-order valence-electron chi connectivity index (χ2n) is 6.97. The van der Waals surface area contributed by atoms with Gasteiger partial charge in [-0.15, -0.1) is 0 Å². The van der Waals surface area contributed by atoms with Gasteiger partial charge in [0.2, 0.25) is 0 Å². The quantitative estimate of drug-likeness (QED) is 0.498. The molecule has 0 radical (unpaired) electrons. The number of rotatable bonds is 11. The lowest BCUT2D eigenvalue weighted by molar-refractivity contribution is -0.141. The van der Waals surface area contributed by atoms with Crippen LogP contribution in [0.3, 0.4) is 0 Å². The monoisotopic (exact) mass is 372 g/mol. The predicted octanol–water partition coefficient (Wildman–Crippen LogP) is -0.232. The maximum Gasteiger partial charge on any atom is 0.306 e. The normalized spacial score (nSPS) is 21.8. The molecule has 0 unspecified atom stereocenters. The molecule has 0 aliphatic carbocycles. The van der Waals surface area contributed by atoms with Gasteiger partial charge in [0.05, 0.1) is 27.1 Å². The molecule has 8 nitrogen and oxygen atoms in total. The predicted molar refractivity (Wildman–Crippen MR) is 101 cm³/mol. The molecule has 1 rings (SSSR count). The van der Waals surface area contributed by atoms with E-state index in [1.165, 1.54) is 14.2 Å². The van der Waals surface area contributed by atoms with Crippen LogP contribution in [0.25, 0.3) is 0 Å². The van der Waals surface area contributed by atoms with Crippen LogP contribution >= 0.6 is 0 Å². The molecule has 1 aliphatic rings. The Hall–Kier alpha value is -1.22. The molecule has 26 heavy (non-hydrogen) atoms. The van der Waals surface area contributed by atoms with Gasteiger partial charge in [-0.2, -0.15) is 0 Å². The van der Waals surface area contributed by atoms with E-state index in [9.17, 15) is 9.59 Å². The molecule has 1 aliphatic heterocycles. The number of hydrogen-bond donors (Lipinski definition) is 1. The number of hydrogen-bond acceptors (Lipinski definition) is 8. The molecule has 2 atom stereocenters. The molecule has 1 saturated heterocycles. The van der Waals surface area contributed by atoms with Gasteiger partial charge in [0, 0.05) is 64.4 Å². The molecule has 8 heteroatoms. The Morgan fingerprint density at radius 2 is 1.38 bits per heavy atom. The zero-order chi connectivity index (χ0) is 19.5. The van der Waals surface area contributed by atoms with E-state index in [1.54, 1.807) is 0 Å². The molecule has 0 aromatic carbocycles. The highest BCUT2D eigenvalue weighted by atomic mass is 16.5. The molecule has 0 bridgehead atoms. The number of piperazine rings is 1. The van der Waals surface area contributed by atoms with Crippen LogP contribution in [0, 0.1) is 0 Å². The molecule has 1 fully saturated rings. The van der Waals surface area contributed by atoms with Crippen molar-refractivity contribution in [3.8, 4) is 0 Å². The molecule has 1 heterocycles. The highest BCUT2D eigenvalue weighted by Gasteiger charge is 2.28. The lowest BCUT2D eigenvalue weighted by Crippen LogP contribution is -2.58. The van der Waals surface area contributed by atoms with E-state index in [2.05, 4.69) is 28.5 Å². The Kier molecular flexibility index (Phi) is 10.7. The third kappa shape index (κ3) is 7.99. The minimum atomic E-state index is -0.231. The first kappa shape index (κ1) is 22.8. The number of nitrogens with zero attached hydrogens (tertiary/aromatic N) is 3. The highest BCUT2D eigenvalue weighted by molar-refractivity contribution is 5.70. The SMILES string of the molecule is COC(=O)CCN(CCC(=O)OC)CCN1C[C@H](C)N(CCN)C[C@H]1C. The Labute approximate surface area is 157 Å². The van der Waals surface area contributed by atoms with Crippen LogP contribution in [-0.4, -0.2) is 105 Å². The minimum Gasteiger partial charge on any atom is -0.469 e. The van der Waals surface area contributed by atoms with Crippen molar-refractivity contribution in [3.05, 3.63) is 0 Å². The standard InChI is InChI=1S/C18H36N4O4/c1-15-14-22(16(2)13-21(15)10-7-19)12-11-20(8-5-17(23)25-3)9-6-18(24)26-4/h15-16H,5-14,19H2,1-4H3/t15-,16+/m0/s1. The second-order valence-corrected chi connectivity index (χ2v) is 6.97. The summed E-state index contributed by atoms with van der Waals surface area (Å²) in [5.41, 5.74) is 5.70. The molecule has 2 N–H and O–H groups in total. The maximum absolute atomic E-state index is 11.4. The first-order valence-electron chi connectivity index (χ1n) is 9.45. The summed E-state index contributed by atoms with van der Waals surface area (Å²) in [6, 6.07) is 0.939. The van der Waals surface area contributed by atoms with Crippen molar-refractivity contribution in [1.29, 1.82) is 0 Å². The Bertz CT molecular complexity index is 415. The Morgan fingerprint density at radius 3 is 1.81 bits per heavy atom. The minimum absolute atomic E-state index is 0.231. The summed E-state index contributed by atoms with van der Waals surface area (Å²) in [5.74, 6) is -0.462. The van der Waals surface area contributed by atoms with Crippen LogP contribution in [0.2, 0.25) is 0 Å². The van der Waals surface area contributed by atoms with Crippen LogP contribution in [0.4, 0.5) is 0 Å². The average molecular weight is 373 g/mol. The van der Waals surface area contributed by atoms with Gasteiger partial charge in [0.25, 0.3) is 0 Å². The summed E-state index contributed by atoms with van der Waals surface area (Å²) in [4.78, 5) is 29.9. The number of esters is 2. The van der Waals surface area contributed by atoms with E-state index in [-0.39, 0.29) is 11.9 Å². The van der Waals surface area contributed by atoms with Gasteiger partial charge in [-0.3, -0.25) is 19.4 Å². The van der Waals surface area contributed by atoms with Crippen molar-refractivity contribution in [2.75, 3.05) is 66.6 Å². The van der Waals surface area contributed by atoms with Crippen molar-refractivity contribution in [3.63, 3.8) is 0 Å². The zero-order valence-corrected chi connectivity index (χ0v) is 16.8. The van der Waals surface area contributed by atoms with Gasteiger partial charge in [0.15, 0.2) is 0 Å². The molecule has 0 amide bonds. The van der Waals surface area contributed by atoms with Crippen LogP contribution < -0.4 is 5.73 Å². The average Bonchev–Trinajstić information content (AvgIpc) is 2.63. The summed E-state index contributed by atoms with van der Waals surface area (Å²) in [5, 5.41) is 0. The van der Waals surface area contributed by atoms with Crippen molar-refractivity contribution in [2.24, 2.45) is 5.73 Å². The fourth-order valence-electron chi connectivity index (χ4n) is 3.37. The van der Waals surface area contributed by atoms with E-state index >= 15 is 0 Å². The van der Waals surface area contributed by atoms with E-state index < -0.39 is 0 Å². The Morgan fingerprint density at radius 1 is 0.923 bits per heavy atom. The molecule has 0 aromatic rings. The van der Waals surface area contributed by atoms with E-state index in [1.807, 2.05) is 0 Å². The van der Waals surface area contributed by atoms with E-state index in [4.69, 9.17) is 15.2 Å². The number of methoxy groups -OCH3 is 2. The van der Waals surface area contributed by atoms with Crippen LogP contribution in [0.5, 0.6) is 0 Å². The molecule has 0 aromatic heterocycles. The lowest BCUT2D eigenvalue weighted by atomic mass is 10.1. The Balaban J connectivity index is 2.52. The van der Waals surface area contributed by atoms with Crippen molar-refractivity contribution < 1.29 is 19.1 Å². The molecular formula is C18H36N4O4. The van der Waals surface area contributed by atoms with Gasteiger partial charge in [-0.1, -0.05) is 0 Å². The van der Waals surface area contributed by atoms with Crippen molar-refractivity contribution in [2.45, 2.75) is 38.8 Å². The van der Waals surface area contributed by atoms with Crippen molar-refractivity contribution in [1.82, 2.24) is 14.7 Å². The van der Waals surface area contributed by atoms with Gasteiger partial charge < -0.3 is 20.1 Å². The lowest BCUT2D eigenvalue weighted by Gasteiger charge is -2.44. The largest absolute Gasteiger partial charge is 0.469 e. The van der Waals surface area contributed by atoms with Crippen LogP contribution in [0.1, 0.15) is 26.7 Å². The van der Waals surface area contributed by atoms with Gasteiger partial charge in [0.1, 0.15) is 0 Å². The van der Waals surface area contributed by atoms with E-state index in [0.29, 0.717) is 44.6 Å². The smallest absolute Gasteiger partial charge is 0.306 e. The maximum atomic E-state index is 11.4. The number of ether oxygens (including phenoxy) is 2. The molecule has 0 saturated carbocycles. The summed E-state index contributed by atoms with van der Waals surface area (Å²) >= 11 is 0. The summed E-state index contributed by atoms with van der Waals surface area (Å²) < 4.78 is 9.45. The zero-order valence-electron chi connectivity index (χ0n) is 16.8. The number of carbonyl (C=O) groups is 2. The highest BCUT2D eigenvalue weighted by Crippen LogP contribution is 2.14. The van der Waals surface area contributed by atoms with Crippen LogP contribution in [-0.2, 0) is 19.1 Å². The summed E-state index contributed by atoms with van der Waals surface area (Å²) in [6.07, 6.45) is 0.655. The number of nitrogens with two attached hydrogens (primary N) is 1. The first-order chi connectivity index (χ1) is 12.4. The van der Waals surface area contributed by atoms with Gasteiger partial charge in [-0.25, -0.2) is 0 Å².